The monoisotopic (exact) mass is 285 g/mol. The average Bonchev–Trinajstić information content (AvgIpc) is 2.34. The molecule has 1 aromatic carbocycles. The average molecular weight is 286 g/mol. The second-order valence-corrected chi connectivity index (χ2v) is 4.29. The topological polar surface area (TPSA) is 84.2 Å². The molecule has 0 spiro atoms. The molecule has 0 unspecified atom stereocenters. The summed E-state index contributed by atoms with van der Waals surface area (Å²) in [5, 5.41) is 5.42. The van der Waals surface area contributed by atoms with E-state index < -0.39 is 0 Å². The van der Waals surface area contributed by atoms with Gasteiger partial charge in [0.2, 0.25) is 5.91 Å². The first-order valence-corrected chi connectivity index (χ1v) is 5.92. The Kier molecular flexibility index (Phi) is 7.60. The molecule has 0 aliphatic rings. The molecule has 0 aromatic heterocycles. The van der Waals surface area contributed by atoms with Gasteiger partial charge in [0.1, 0.15) is 0 Å². The summed E-state index contributed by atoms with van der Waals surface area (Å²) in [4.78, 5) is 23.0. The van der Waals surface area contributed by atoms with Gasteiger partial charge in [0, 0.05) is 24.7 Å². The molecule has 0 radical (unpaired) electrons. The maximum atomic E-state index is 11.7. The lowest BCUT2D eigenvalue weighted by atomic mass is 10.1. The molecule has 106 valence electrons. The molecule has 6 heteroatoms. The predicted octanol–water partition coefficient (Wildman–Crippen LogP) is 1.19. The highest BCUT2D eigenvalue weighted by molar-refractivity contribution is 5.99. The predicted molar refractivity (Wildman–Crippen MR) is 78.3 cm³/mol. The summed E-state index contributed by atoms with van der Waals surface area (Å²) in [5.74, 6) is -0.305. The SMILES string of the molecule is CC(C)C(=O)NCCNC(=O)c1ccccc1N.Cl. The zero-order valence-electron chi connectivity index (χ0n) is 11.1. The van der Waals surface area contributed by atoms with Crippen LogP contribution in [0.1, 0.15) is 24.2 Å². The lowest BCUT2D eigenvalue weighted by Crippen LogP contribution is -2.36. The lowest BCUT2D eigenvalue weighted by Gasteiger charge is -2.09. The number of hydrogen-bond acceptors (Lipinski definition) is 3. The van der Waals surface area contributed by atoms with Crippen molar-refractivity contribution in [2.45, 2.75) is 13.8 Å². The summed E-state index contributed by atoms with van der Waals surface area (Å²) in [5.41, 5.74) is 6.58. The molecule has 0 saturated carbocycles. The van der Waals surface area contributed by atoms with Gasteiger partial charge in [-0.15, -0.1) is 12.4 Å². The molecular formula is C13H20ClN3O2. The van der Waals surface area contributed by atoms with Gasteiger partial charge in [0.15, 0.2) is 0 Å². The standard InChI is InChI=1S/C13H19N3O2.ClH/c1-9(2)12(17)15-7-8-16-13(18)10-5-3-4-6-11(10)14;/h3-6,9H,7-8,14H2,1-2H3,(H,15,17)(H,16,18);1H. The quantitative estimate of drug-likeness (QED) is 0.561. The van der Waals surface area contributed by atoms with Crippen LogP contribution in [0.5, 0.6) is 0 Å². The normalized spacial score (nSPS) is 9.63. The maximum absolute atomic E-state index is 11.7. The van der Waals surface area contributed by atoms with Gasteiger partial charge in [-0.25, -0.2) is 0 Å². The molecular weight excluding hydrogens is 266 g/mol. The number of carbonyl (C=O) groups excluding carboxylic acids is 2. The van der Waals surface area contributed by atoms with Crippen LogP contribution < -0.4 is 16.4 Å². The first kappa shape index (κ1) is 17.2. The van der Waals surface area contributed by atoms with E-state index in [4.69, 9.17) is 5.73 Å². The molecule has 0 atom stereocenters. The van der Waals surface area contributed by atoms with Crippen LogP contribution in [-0.2, 0) is 4.79 Å². The molecule has 0 heterocycles. The highest BCUT2D eigenvalue weighted by Crippen LogP contribution is 2.09. The molecule has 2 amide bonds. The van der Waals surface area contributed by atoms with Crippen LogP contribution in [0.4, 0.5) is 5.69 Å². The molecule has 1 rings (SSSR count). The van der Waals surface area contributed by atoms with E-state index in [2.05, 4.69) is 10.6 Å². The Balaban J connectivity index is 0.00000324. The molecule has 19 heavy (non-hydrogen) atoms. The van der Waals surface area contributed by atoms with Crippen molar-refractivity contribution >= 4 is 29.9 Å². The number of para-hydroxylation sites is 1. The van der Waals surface area contributed by atoms with Crippen molar-refractivity contribution in [2.75, 3.05) is 18.8 Å². The Morgan fingerprint density at radius 1 is 1.16 bits per heavy atom. The summed E-state index contributed by atoms with van der Waals surface area (Å²) in [6.45, 7) is 4.43. The van der Waals surface area contributed by atoms with Gasteiger partial charge >= 0.3 is 0 Å². The van der Waals surface area contributed by atoms with Crippen molar-refractivity contribution in [3.63, 3.8) is 0 Å². The zero-order chi connectivity index (χ0) is 13.5. The molecule has 0 fully saturated rings. The van der Waals surface area contributed by atoms with Crippen LogP contribution in [0.3, 0.4) is 0 Å². The van der Waals surface area contributed by atoms with Gasteiger partial charge in [-0.1, -0.05) is 26.0 Å². The van der Waals surface area contributed by atoms with E-state index in [1.165, 1.54) is 0 Å². The fraction of sp³-hybridized carbons (Fsp3) is 0.385. The number of nitrogens with two attached hydrogens (primary N) is 1. The fourth-order valence-corrected chi connectivity index (χ4v) is 1.36. The Labute approximate surface area is 119 Å². The molecule has 0 aliphatic heterocycles. The number of rotatable bonds is 5. The Hall–Kier alpha value is -1.75. The summed E-state index contributed by atoms with van der Waals surface area (Å²) in [6.07, 6.45) is 0. The maximum Gasteiger partial charge on any atom is 0.253 e. The van der Waals surface area contributed by atoms with Crippen molar-refractivity contribution in [3.8, 4) is 0 Å². The van der Waals surface area contributed by atoms with Gasteiger partial charge in [-0.3, -0.25) is 9.59 Å². The molecule has 0 aliphatic carbocycles. The van der Waals surface area contributed by atoms with Crippen molar-refractivity contribution in [3.05, 3.63) is 29.8 Å². The largest absolute Gasteiger partial charge is 0.398 e. The van der Waals surface area contributed by atoms with E-state index in [1.54, 1.807) is 24.3 Å². The Morgan fingerprint density at radius 2 is 1.74 bits per heavy atom. The second kappa shape index (κ2) is 8.37. The minimum absolute atomic E-state index is 0. The van der Waals surface area contributed by atoms with Gasteiger partial charge in [0.25, 0.3) is 5.91 Å². The van der Waals surface area contributed by atoms with Crippen LogP contribution in [0, 0.1) is 5.92 Å². The van der Waals surface area contributed by atoms with E-state index in [-0.39, 0.29) is 30.1 Å². The first-order chi connectivity index (χ1) is 8.52. The molecule has 5 nitrogen and oxygen atoms in total. The van der Waals surface area contributed by atoms with Crippen LogP contribution in [0.15, 0.2) is 24.3 Å². The summed E-state index contributed by atoms with van der Waals surface area (Å²) in [7, 11) is 0. The smallest absolute Gasteiger partial charge is 0.253 e. The molecule has 1 aromatic rings. The van der Waals surface area contributed by atoms with Gasteiger partial charge in [0.05, 0.1) is 5.56 Å². The van der Waals surface area contributed by atoms with Crippen LogP contribution in [0.2, 0.25) is 0 Å². The van der Waals surface area contributed by atoms with Gasteiger partial charge < -0.3 is 16.4 Å². The Bertz CT molecular complexity index is 436. The zero-order valence-corrected chi connectivity index (χ0v) is 11.9. The number of benzene rings is 1. The third kappa shape index (κ3) is 5.61. The van der Waals surface area contributed by atoms with E-state index >= 15 is 0 Å². The van der Waals surface area contributed by atoms with Crippen molar-refractivity contribution in [1.82, 2.24) is 10.6 Å². The third-order valence-corrected chi connectivity index (χ3v) is 2.44. The van der Waals surface area contributed by atoms with E-state index in [1.807, 2.05) is 13.8 Å². The molecule has 0 saturated heterocycles. The minimum atomic E-state index is -0.230. The summed E-state index contributed by atoms with van der Waals surface area (Å²) < 4.78 is 0. The number of nitrogen functional groups attached to an aromatic ring is 1. The summed E-state index contributed by atoms with van der Waals surface area (Å²) >= 11 is 0. The number of anilines is 1. The lowest BCUT2D eigenvalue weighted by molar-refractivity contribution is -0.123. The van der Waals surface area contributed by atoms with Crippen molar-refractivity contribution < 1.29 is 9.59 Å². The molecule has 4 N–H and O–H groups in total. The van der Waals surface area contributed by atoms with Crippen molar-refractivity contribution in [1.29, 1.82) is 0 Å². The highest BCUT2D eigenvalue weighted by Gasteiger charge is 2.08. The van der Waals surface area contributed by atoms with Gasteiger partial charge in [-0.2, -0.15) is 0 Å². The van der Waals surface area contributed by atoms with Gasteiger partial charge in [-0.05, 0) is 12.1 Å². The number of hydrogen-bond donors (Lipinski definition) is 3. The highest BCUT2D eigenvalue weighted by atomic mass is 35.5. The number of nitrogens with one attached hydrogen (secondary N) is 2. The summed E-state index contributed by atoms with van der Waals surface area (Å²) in [6, 6.07) is 6.87. The van der Waals surface area contributed by atoms with Crippen molar-refractivity contribution in [2.24, 2.45) is 5.92 Å². The van der Waals surface area contributed by atoms with Crippen LogP contribution in [-0.4, -0.2) is 24.9 Å². The van der Waals surface area contributed by atoms with E-state index in [0.29, 0.717) is 24.3 Å². The minimum Gasteiger partial charge on any atom is -0.398 e. The molecule has 0 bridgehead atoms. The number of amides is 2. The first-order valence-electron chi connectivity index (χ1n) is 5.92. The Morgan fingerprint density at radius 3 is 2.32 bits per heavy atom. The second-order valence-electron chi connectivity index (χ2n) is 4.29. The number of halogens is 1. The third-order valence-electron chi connectivity index (χ3n) is 2.44. The van der Waals surface area contributed by atoms with Crippen LogP contribution in [0.25, 0.3) is 0 Å². The van der Waals surface area contributed by atoms with Crippen LogP contribution >= 0.6 is 12.4 Å². The number of carbonyl (C=O) groups is 2. The fourth-order valence-electron chi connectivity index (χ4n) is 1.36. The van der Waals surface area contributed by atoms with E-state index in [9.17, 15) is 9.59 Å². The van der Waals surface area contributed by atoms with E-state index in [0.717, 1.165) is 0 Å².